The predicted octanol–water partition coefficient (Wildman–Crippen LogP) is 4.31. The monoisotopic (exact) mass is 434 g/mol. The number of hydrogen-bond donors (Lipinski definition) is 0. The van der Waals surface area contributed by atoms with Gasteiger partial charge in [0.2, 0.25) is 5.91 Å². The van der Waals surface area contributed by atoms with Crippen molar-refractivity contribution in [2.45, 2.75) is 38.8 Å². The van der Waals surface area contributed by atoms with Crippen LogP contribution in [0.1, 0.15) is 30.4 Å². The van der Waals surface area contributed by atoms with Crippen molar-refractivity contribution < 1.29 is 4.79 Å². The number of hydrogen-bond acceptors (Lipinski definition) is 5. The Morgan fingerprint density at radius 3 is 2.52 bits per heavy atom. The molecule has 2 fully saturated rings. The fourth-order valence-electron chi connectivity index (χ4n) is 4.74. The van der Waals surface area contributed by atoms with Gasteiger partial charge in [0.1, 0.15) is 0 Å². The standard InChI is InChI=1S/C25H30N4OS/c1-19-6-8-20(9-7-19)18-29-13-12-21(10-11-24(29)30)27-14-16-28(17-15-27)25-26-22-4-2-3-5-23(22)31-25/h2-9,21H,10-18H2,1H3. The number of anilines is 1. The molecule has 0 radical (unpaired) electrons. The molecule has 1 amide bonds. The van der Waals surface area contributed by atoms with Gasteiger partial charge >= 0.3 is 0 Å². The van der Waals surface area contributed by atoms with Crippen LogP contribution >= 0.6 is 11.3 Å². The van der Waals surface area contributed by atoms with Crippen LogP contribution in [0.5, 0.6) is 0 Å². The summed E-state index contributed by atoms with van der Waals surface area (Å²) < 4.78 is 1.26. The fourth-order valence-corrected chi connectivity index (χ4v) is 5.76. The Labute approximate surface area is 188 Å². The van der Waals surface area contributed by atoms with Gasteiger partial charge in [-0.05, 0) is 37.5 Å². The maximum Gasteiger partial charge on any atom is 0.222 e. The number of para-hydroxylation sites is 1. The van der Waals surface area contributed by atoms with E-state index in [-0.39, 0.29) is 0 Å². The summed E-state index contributed by atoms with van der Waals surface area (Å²) in [6.45, 7) is 7.81. The number of thiazole rings is 1. The van der Waals surface area contributed by atoms with Crippen LogP contribution in [0.15, 0.2) is 48.5 Å². The largest absolute Gasteiger partial charge is 0.345 e. The van der Waals surface area contributed by atoms with E-state index in [1.54, 1.807) is 11.3 Å². The number of amides is 1. The van der Waals surface area contributed by atoms with Gasteiger partial charge in [0.25, 0.3) is 0 Å². The minimum Gasteiger partial charge on any atom is -0.345 e. The minimum absolute atomic E-state index is 0.302. The van der Waals surface area contributed by atoms with Gasteiger partial charge in [-0.1, -0.05) is 53.3 Å². The summed E-state index contributed by atoms with van der Waals surface area (Å²) in [4.78, 5) is 24.6. The van der Waals surface area contributed by atoms with Gasteiger partial charge in [0.15, 0.2) is 5.13 Å². The van der Waals surface area contributed by atoms with Crippen LogP contribution in [0.4, 0.5) is 5.13 Å². The molecule has 162 valence electrons. The van der Waals surface area contributed by atoms with Crippen LogP contribution in [0.2, 0.25) is 0 Å². The highest BCUT2D eigenvalue weighted by molar-refractivity contribution is 7.22. The molecule has 31 heavy (non-hydrogen) atoms. The molecule has 2 saturated heterocycles. The third kappa shape index (κ3) is 4.60. The van der Waals surface area contributed by atoms with Crippen LogP contribution in [-0.2, 0) is 11.3 Å². The molecule has 3 aromatic rings. The molecule has 3 heterocycles. The zero-order valence-electron chi connectivity index (χ0n) is 18.2. The molecule has 0 aliphatic carbocycles. The molecule has 0 spiro atoms. The average molecular weight is 435 g/mol. The lowest BCUT2D eigenvalue weighted by molar-refractivity contribution is -0.131. The molecule has 1 aromatic heterocycles. The summed E-state index contributed by atoms with van der Waals surface area (Å²) in [6, 6.07) is 17.4. The summed E-state index contributed by atoms with van der Waals surface area (Å²) in [5.41, 5.74) is 3.58. The summed E-state index contributed by atoms with van der Waals surface area (Å²) in [7, 11) is 0. The van der Waals surface area contributed by atoms with E-state index < -0.39 is 0 Å². The number of likely N-dealkylation sites (tertiary alicyclic amines) is 1. The molecular weight excluding hydrogens is 404 g/mol. The molecule has 2 aliphatic rings. The first-order valence-corrected chi connectivity index (χ1v) is 12.2. The highest BCUT2D eigenvalue weighted by atomic mass is 32.1. The number of benzene rings is 2. The lowest BCUT2D eigenvalue weighted by Gasteiger charge is -2.39. The van der Waals surface area contributed by atoms with Gasteiger partial charge in [-0.3, -0.25) is 9.69 Å². The third-order valence-corrected chi connectivity index (χ3v) is 7.75. The van der Waals surface area contributed by atoms with Crippen molar-refractivity contribution in [3.8, 4) is 0 Å². The Kier molecular flexibility index (Phi) is 5.92. The second-order valence-corrected chi connectivity index (χ2v) is 9.78. The predicted molar refractivity (Wildman–Crippen MR) is 128 cm³/mol. The summed E-state index contributed by atoms with van der Waals surface area (Å²) in [5, 5.41) is 1.14. The smallest absolute Gasteiger partial charge is 0.222 e. The van der Waals surface area contributed by atoms with Crippen molar-refractivity contribution in [2.75, 3.05) is 37.6 Å². The van der Waals surface area contributed by atoms with Crippen LogP contribution in [0, 0.1) is 6.92 Å². The molecule has 6 heteroatoms. The number of aromatic nitrogens is 1. The van der Waals surface area contributed by atoms with Crippen LogP contribution in [0.3, 0.4) is 0 Å². The van der Waals surface area contributed by atoms with Gasteiger partial charge in [-0.15, -0.1) is 0 Å². The van der Waals surface area contributed by atoms with Crippen LogP contribution in [0.25, 0.3) is 10.2 Å². The van der Waals surface area contributed by atoms with Gasteiger partial charge in [0.05, 0.1) is 10.2 Å². The van der Waals surface area contributed by atoms with Gasteiger partial charge in [-0.25, -0.2) is 4.98 Å². The zero-order chi connectivity index (χ0) is 21.2. The van der Waals surface area contributed by atoms with E-state index in [0.29, 0.717) is 18.4 Å². The topological polar surface area (TPSA) is 39.7 Å². The minimum atomic E-state index is 0.302. The molecule has 0 bridgehead atoms. The molecule has 0 N–H and O–H groups in total. The molecule has 1 atom stereocenters. The number of piperazine rings is 1. The van der Waals surface area contributed by atoms with E-state index in [2.05, 4.69) is 70.2 Å². The van der Waals surface area contributed by atoms with E-state index >= 15 is 0 Å². The van der Waals surface area contributed by atoms with E-state index in [1.165, 1.54) is 15.8 Å². The van der Waals surface area contributed by atoms with Crippen LogP contribution in [-0.4, -0.2) is 59.5 Å². The highest BCUT2D eigenvalue weighted by Gasteiger charge is 2.29. The van der Waals surface area contributed by atoms with Crippen LogP contribution < -0.4 is 4.90 Å². The second-order valence-electron chi connectivity index (χ2n) is 8.77. The van der Waals surface area contributed by atoms with Crippen molar-refractivity contribution in [3.05, 3.63) is 59.7 Å². The molecule has 1 unspecified atom stereocenters. The zero-order valence-corrected chi connectivity index (χ0v) is 19.0. The lowest BCUT2D eigenvalue weighted by atomic mass is 10.1. The fraction of sp³-hybridized carbons (Fsp3) is 0.440. The maximum absolute atomic E-state index is 12.7. The molecule has 2 aliphatic heterocycles. The average Bonchev–Trinajstić information content (AvgIpc) is 3.15. The first kappa shape index (κ1) is 20.5. The van der Waals surface area contributed by atoms with Crippen molar-refractivity contribution >= 4 is 32.6 Å². The quantitative estimate of drug-likeness (QED) is 0.614. The number of carbonyl (C=O) groups is 1. The van der Waals surface area contributed by atoms with Gasteiger partial charge in [-0.2, -0.15) is 0 Å². The molecule has 5 rings (SSSR count). The van der Waals surface area contributed by atoms with E-state index in [1.807, 2.05) is 0 Å². The van der Waals surface area contributed by atoms with Crippen molar-refractivity contribution in [2.24, 2.45) is 0 Å². The Hall–Kier alpha value is -2.44. The number of rotatable bonds is 4. The van der Waals surface area contributed by atoms with E-state index in [0.717, 1.165) is 62.8 Å². The summed E-state index contributed by atoms with van der Waals surface area (Å²) in [5.74, 6) is 0.302. The Morgan fingerprint density at radius 2 is 1.74 bits per heavy atom. The van der Waals surface area contributed by atoms with E-state index in [9.17, 15) is 4.79 Å². The SMILES string of the molecule is Cc1ccc(CN2CCC(N3CCN(c4nc5ccccc5s4)CC3)CCC2=O)cc1. The molecule has 2 aromatic carbocycles. The number of aryl methyl sites for hydroxylation is 1. The molecule has 5 nitrogen and oxygen atoms in total. The third-order valence-electron chi connectivity index (χ3n) is 6.65. The molecule has 0 saturated carbocycles. The number of carbonyl (C=O) groups excluding carboxylic acids is 1. The first-order chi connectivity index (χ1) is 15.2. The Balaban J connectivity index is 1.17. The number of nitrogens with zero attached hydrogens (tertiary/aromatic N) is 4. The normalized spacial score (nSPS) is 20.9. The lowest BCUT2D eigenvalue weighted by Crippen LogP contribution is -2.50. The highest BCUT2D eigenvalue weighted by Crippen LogP contribution is 2.30. The Morgan fingerprint density at radius 1 is 0.968 bits per heavy atom. The van der Waals surface area contributed by atoms with Crippen molar-refractivity contribution in [1.82, 2.24) is 14.8 Å². The van der Waals surface area contributed by atoms with Gasteiger partial charge < -0.3 is 9.80 Å². The first-order valence-electron chi connectivity index (χ1n) is 11.3. The summed E-state index contributed by atoms with van der Waals surface area (Å²) >= 11 is 1.79. The maximum atomic E-state index is 12.7. The van der Waals surface area contributed by atoms with Crippen molar-refractivity contribution in [1.29, 1.82) is 0 Å². The summed E-state index contributed by atoms with van der Waals surface area (Å²) in [6.07, 6.45) is 2.71. The van der Waals surface area contributed by atoms with Crippen molar-refractivity contribution in [3.63, 3.8) is 0 Å². The Bertz CT molecular complexity index is 1010. The number of fused-ring (bicyclic) bond motifs is 1. The van der Waals surface area contributed by atoms with E-state index in [4.69, 9.17) is 4.98 Å². The molecular formula is C25H30N4OS. The van der Waals surface area contributed by atoms with Gasteiger partial charge in [0, 0.05) is 51.7 Å². The second kappa shape index (κ2) is 8.97.